The van der Waals surface area contributed by atoms with Gasteiger partial charge in [0.15, 0.2) is 3.79 Å². The molecule has 0 amide bonds. The Morgan fingerprint density at radius 2 is 1.91 bits per heavy atom. The third kappa shape index (κ3) is 3.01. The molecule has 0 aromatic heterocycles. The first-order chi connectivity index (χ1) is 5.18. The predicted octanol–water partition coefficient (Wildman–Crippen LogP) is 2.50. The van der Waals surface area contributed by atoms with Crippen molar-refractivity contribution in [2.75, 3.05) is 0 Å². The van der Waals surface area contributed by atoms with Crippen molar-refractivity contribution in [3.63, 3.8) is 0 Å². The molecule has 0 bridgehead atoms. The fraction of sp³-hybridized carbons (Fsp3) is 0.222. The number of aryl methyl sites for hydroxylation is 1. The summed E-state index contributed by atoms with van der Waals surface area (Å²) in [4.78, 5) is 10.7. The van der Waals surface area contributed by atoms with Gasteiger partial charge in [-0.05, 0) is 35.1 Å². The summed E-state index contributed by atoms with van der Waals surface area (Å²) in [5, 5.41) is 0. The molecule has 0 saturated heterocycles. The molecule has 0 saturated carbocycles. The Labute approximate surface area is 79.9 Å². The number of rotatable bonds is 2. The van der Waals surface area contributed by atoms with Crippen molar-refractivity contribution < 1.29 is 4.79 Å². The third-order valence-electron chi connectivity index (χ3n) is 1.46. The number of halogens is 1. The van der Waals surface area contributed by atoms with Crippen molar-refractivity contribution in [3.05, 3.63) is 35.4 Å². The van der Waals surface area contributed by atoms with Crippen LogP contribution >= 0.6 is 22.6 Å². The smallest absolute Gasteiger partial charge is 0.196 e. The van der Waals surface area contributed by atoms with E-state index in [0.717, 1.165) is 5.56 Å². The molecule has 0 fully saturated rings. The van der Waals surface area contributed by atoms with Crippen LogP contribution < -0.4 is 0 Å². The zero-order valence-corrected chi connectivity index (χ0v) is 8.46. The lowest BCUT2D eigenvalue weighted by molar-refractivity contribution is -0.108. The first-order valence-electron chi connectivity index (χ1n) is 3.42. The van der Waals surface area contributed by atoms with E-state index in [4.69, 9.17) is 0 Å². The monoisotopic (exact) mass is 260 g/mol. The zero-order valence-electron chi connectivity index (χ0n) is 6.30. The van der Waals surface area contributed by atoms with E-state index in [-0.39, 0.29) is 3.79 Å². The molecule has 0 aliphatic rings. The van der Waals surface area contributed by atoms with Crippen LogP contribution in [0.1, 0.15) is 11.1 Å². The summed E-state index contributed by atoms with van der Waals surface area (Å²) < 4.78 is 0.187. The van der Waals surface area contributed by atoms with E-state index >= 15 is 0 Å². The maximum Gasteiger partial charge on any atom is 0.196 e. The van der Waals surface area contributed by atoms with Crippen LogP contribution in [0, 0.1) is 6.92 Å². The van der Waals surface area contributed by atoms with Crippen molar-refractivity contribution in [2.45, 2.75) is 13.3 Å². The average molecular weight is 260 g/mol. The second kappa shape index (κ2) is 3.85. The van der Waals surface area contributed by atoms with Crippen LogP contribution in [0.4, 0.5) is 0 Å². The van der Waals surface area contributed by atoms with Crippen LogP contribution in [0.2, 0.25) is 0 Å². The molecule has 0 radical (unpaired) electrons. The summed E-state index contributed by atoms with van der Waals surface area (Å²) in [5.74, 6) is 0. The normalized spacial score (nSPS) is 9.64. The molecule has 0 N–H and O–H groups in total. The lowest BCUT2D eigenvalue weighted by Crippen LogP contribution is -1.91. The van der Waals surface area contributed by atoms with Gasteiger partial charge in [-0.2, -0.15) is 0 Å². The highest BCUT2D eigenvalue weighted by atomic mass is 127. The van der Waals surface area contributed by atoms with Gasteiger partial charge in [-0.1, -0.05) is 29.8 Å². The summed E-state index contributed by atoms with van der Waals surface area (Å²) >= 11 is 1.82. The molecular weight excluding hydrogens is 251 g/mol. The number of hydrogen-bond donors (Lipinski definition) is 0. The highest BCUT2D eigenvalue weighted by Crippen LogP contribution is 2.05. The highest BCUT2D eigenvalue weighted by molar-refractivity contribution is 14.1. The second-order valence-electron chi connectivity index (χ2n) is 2.52. The molecule has 1 rings (SSSR count). The highest BCUT2D eigenvalue weighted by Gasteiger charge is 1.96. The molecular formula is C9H9IO. The Balaban J connectivity index is 2.74. The first kappa shape index (κ1) is 8.71. The largest absolute Gasteiger partial charge is 0.287 e. The van der Waals surface area contributed by atoms with Crippen LogP contribution in [0.25, 0.3) is 0 Å². The third-order valence-corrected chi connectivity index (χ3v) is 1.85. The summed E-state index contributed by atoms with van der Waals surface area (Å²) in [6.07, 6.45) is 0.542. The van der Waals surface area contributed by atoms with Crippen molar-refractivity contribution in [2.24, 2.45) is 0 Å². The van der Waals surface area contributed by atoms with Gasteiger partial charge >= 0.3 is 0 Å². The Kier molecular flexibility index (Phi) is 3.05. The standard InChI is InChI=1S/C9H9IO/c1-7-2-4-8(5-3-7)6-9(10)11/h2-5H,6H2,1H3. The van der Waals surface area contributed by atoms with Gasteiger partial charge in [0.2, 0.25) is 0 Å². The van der Waals surface area contributed by atoms with E-state index in [1.165, 1.54) is 5.56 Å². The van der Waals surface area contributed by atoms with Crippen LogP contribution in [0.3, 0.4) is 0 Å². The molecule has 0 spiro atoms. The maximum atomic E-state index is 10.7. The molecule has 1 nitrogen and oxygen atoms in total. The van der Waals surface area contributed by atoms with Crippen molar-refractivity contribution in [3.8, 4) is 0 Å². The molecule has 1 aromatic carbocycles. The zero-order chi connectivity index (χ0) is 8.27. The van der Waals surface area contributed by atoms with Crippen molar-refractivity contribution in [1.29, 1.82) is 0 Å². The summed E-state index contributed by atoms with van der Waals surface area (Å²) in [6.45, 7) is 2.04. The number of benzene rings is 1. The quantitative estimate of drug-likeness (QED) is 0.589. The van der Waals surface area contributed by atoms with Gasteiger partial charge in [0.1, 0.15) is 0 Å². The van der Waals surface area contributed by atoms with E-state index in [0.29, 0.717) is 6.42 Å². The second-order valence-corrected chi connectivity index (χ2v) is 3.72. The Morgan fingerprint density at radius 1 is 1.36 bits per heavy atom. The topological polar surface area (TPSA) is 17.1 Å². The van der Waals surface area contributed by atoms with Gasteiger partial charge in [-0.3, -0.25) is 4.79 Å². The van der Waals surface area contributed by atoms with E-state index in [9.17, 15) is 4.79 Å². The van der Waals surface area contributed by atoms with Crippen molar-refractivity contribution in [1.82, 2.24) is 0 Å². The van der Waals surface area contributed by atoms with E-state index in [1.807, 2.05) is 53.8 Å². The summed E-state index contributed by atoms with van der Waals surface area (Å²) in [6, 6.07) is 8.03. The van der Waals surface area contributed by atoms with Gasteiger partial charge < -0.3 is 0 Å². The fourth-order valence-corrected chi connectivity index (χ4v) is 1.31. The number of carbonyl (C=O) groups is 1. The molecule has 2 heteroatoms. The maximum absolute atomic E-state index is 10.7. The van der Waals surface area contributed by atoms with Gasteiger partial charge in [0, 0.05) is 6.42 Å². The van der Waals surface area contributed by atoms with Crippen molar-refractivity contribution >= 4 is 26.4 Å². The number of carbonyl (C=O) groups excluding carboxylic acids is 1. The molecule has 0 unspecified atom stereocenters. The van der Waals surface area contributed by atoms with Crippen LogP contribution in [-0.2, 0) is 11.2 Å². The van der Waals surface area contributed by atoms with Gasteiger partial charge in [0.05, 0.1) is 0 Å². The molecule has 11 heavy (non-hydrogen) atoms. The summed E-state index contributed by atoms with van der Waals surface area (Å²) in [5.41, 5.74) is 2.32. The predicted molar refractivity (Wildman–Crippen MR) is 53.9 cm³/mol. The lowest BCUT2D eigenvalue weighted by Gasteiger charge is -1.96. The molecule has 0 aliphatic heterocycles. The molecule has 0 atom stereocenters. The Bertz CT molecular complexity index is 251. The number of hydrogen-bond acceptors (Lipinski definition) is 1. The van der Waals surface area contributed by atoms with Crippen LogP contribution in [0.15, 0.2) is 24.3 Å². The SMILES string of the molecule is Cc1ccc(CC(=O)I)cc1. The molecule has 0 heterocycles. The van der Waals surface area contributed by atoms with Crippen LogP contribution in [0.5, 0.6) is 0 Å². The van der Waals surface area contributed by atoms with Crippen LogP contribution in [-0.4, -0.2) is 3.79 Å². The van der Waals surface area contributed by atoms with Gasteiger partial charge in [-0.15, -0.1) is 0 Å². The van der Waals surface area contributed by atoms with Gasteiger partial charge in [0.25, 0.3) is 0 Å². The fourth-order valence-electron chi connectivity index (χ4n) is 0.866. The lowest BCUT2D eigenvalue weighted by atomic mass is 10.1. The van der Waals surface area contributed by atoms with Gasteiger partial charge in [-0.25, -0.2) is 0 Å². The molecule has 58 valence electrons. The van der Waals surface area contributed by atoms with E-state index in [1.54, 1.807) is 0 Å². The van der Waals surface area contributed by atoms with E-state index in [2.05, 4.69) is 0 Å². The minimum atomic E-state index is 0.187. The Morgan fingerprint density at radius 3 is 2.36 bits per heavy atom. The minimum absolute atomic E-state index is 0.187. The minimum Gasteiger partial charge on any atom is -0.287 e. The Hall–Kier alpha value is -0.380. The first-order valence-corrected chi connectivity index (χ1v) is 4.50. The van der Waals surface area contributed by atoms with E-state index < -0.39 is 0 Å². The molecule has 1 aromatic rings. The molecule has 0 aliphatic carbocycles. The summed E-state index contributed by atoms with van der Waals surface area (Å²) in [7, 11) is 0. The average Bonchev–Trinajstić information content (AvgIpc) is 1.93.